The Hall–Kier alpha value is -3.42. The van der Waals surface area contributed by atoms with E-state index in [1.807, 2.05) is 10.6 Å². The lowest BCUT2D eigenvalue weighted by Crippen LogP contribution is -2.60. The number of alkyl halides is 1. The first-order chi connectivity index (χ1) is 21.6. The molecule has 10 heteroatoms. The van der Waals surface area contributed by atoms with E-state index >= 15 is 4.39 Å². The first-order valence-corrected chi connectivity index (χ1v) is 16.5. The molecule has 4 heterocycles. The number of fused-ring (bicyclic) bond motifs is 3. The molecule has 2 aromatic rings. The summed E-state index contributed by atoms with van der Waals surface area (Å²) >= 11 is 0. The summed E-state index contributed by atoms with van der Waals surface area (Å²) in [4.78, 5) is 16.6. The smallest absolute Gasteiger partial charge is 0.253 e. The van der Waals surface area contributed by atoms with E-state index in [2.05, 4.69) is 39.5 Å². The maximum Gasteiger partial charge on any atom is 0.253 e. The average molecular weight is 616 g/mol. The summed E-state index contributed by atoms with van der Waals surface area (Å²) in [5.41, 5.74) is 2.02. The standard InChI is InChI=1S/C35H47BFN5O3/c1-35(36,37)22-42-26(7-6-16-38-31-15-10-23(17-33(31)44-4)34(43)40(2)3)18-29-30(8-5-9-32(29)42)39-24-11-13-25(14-12-24)41-20-27-19-28(21-41)45-27/h9-10,15,17-18,24-25,27-28,38-39H,5,8,11-14,16,19-22,36H2,1-4H3. The zero-order valence-electron chi connectivity index (χ0n) is 27.4. The van der Waals surface area contributed by atoms with Crippen LogP contribution in [-0.2, 0) is 11.3 Å². The van der Waals surface area contributed by atoms with Crippen molar-refractivity contribution >= 4 is 31.2 Å². The largest absolute Gasteiger partial charge is 0.495 e. The first-order valence-electron chi connectivity index (χ1n) is 16.5. The predicted molar refractivity (Wildman–Crippen MR) is 179 cm³/mol. The van der Waals surface area contributed by atoms with Crippen molar-refractivity contribution in [2.24, 2.45) is 0 Å². The minimum Gasteiger partial charge on any atom is -0.495 e. The summed E-state index contributed by atoms with van der Waals surface area (Å²) in [7, 11) is 6.66. The van der Waals surface area contributed by atoms with E-state index in [4.69, 9.17) is 9.47 Å². The van der Waals surface area contributed by atoms with Gasteiger partial charge < -0.3 is 29.6 Å². The fraction of sp³-hybridized carbons (Fsp3) is 0.571. The molecule has 0 spiro atoms. The van der Waals surface area contributed by atoms with Gasteiger partial charge in [-0.25, -0.2) is 0 Å². The molecular formula is C35H47BFN5O3. The van der Waals surface area contributed by atoms with Crippen LogP contribution < -0.4 is 25.9 Å². The number of benzene rings is 1. The fourth-order valence-electron chi connectivity index (χ4n) is 7.33. The van der Waals surface area contributed by atoms with E-state index in [9.17, 15) is 4.79 Å². The van der Waals surface area contributed by atoms with Crippen molar-refractivity contribution in [3.8, 4) is 17.6 Å². The van der Waals surface area contributed by atoms with Gasteiger partial charge in [0.05, 0.1) is 42.8 Å². The third-order valence-corrected chi connectivity index (χ3v) is 9.55. The van der Waals surface area contributed by atoms with Crippen molar-refractivity contribution in [3.05, 3.63) is 46.1 Å². The quantitative estimate of drug-likeness (QED) is 0.333. The van der Waals surface area contributed by atoms with Gasteiger partial charge >= 0.3 is 0 Å². The van der Waals surface area contributed by atoms with Gasteiger partial charge in [0.2, 0.25) is 0 Å². The van der Waals surface area contributed by atoms with Crippen molar-refractivity contribution in [1.82, 2.24) is 19.7 Å². The molecule has 2 N–H and O–H groups in total. The van der Waals surface area contributed by atoms with Gasteiger partial charge in [-0.1, -0.05) is 12.0 Å². The number of nitrogens with one attached hydrogen (secondary N) is 2. The number of methoxy groups -OCH3 is 1. The Morgan fingerprint density at radius 2 is 1.93 bits per heavy atom. The third kappa shape index (κ3) is 7.20. The molecule has 1 amide bonds. The number of anilines is 1. The summed E-state index contributed by atoms with van der Waals surface area (Å²) in [6.07, 6.45) is 11.1. The van der Waals surface area contributed by atoms with Crippen molar-refractivity contribution < 1.29 is 18.7 Å². The molecule has 2 aliphatic carbocycles. The van der Waals surface area contributed by atoms with E-state index in [1.54, 1.807) is 48.1 Å². The Morgan fingerprint density at radius 3 is 2.60 bits per heavy atom. The molecule has 7 rings (SSSR count). The number of amides is 1. The van der Waals surface area contributed by atoms with Gasteiger partial charge in [-0.15, -0.1) is 0 Å². The molecule has 1 aromatic carbocycles. The molecule has 45 heavy (non-hydrogen) atoms. The van der Waals surface area contributed by atoms with Gasteiger partial charge in [-0.05, 0) is 75.6 Å². The second-order valence-corrected chi connectivity index (χ2v) is 13.8. The number of carbonyl (C=O) groups excluding carboxylic acids is 1. The molecule has 8 nitrogen and oxygen atoms in total. The Bertz CT molecular complexity index is 1580. The van der Waals surface area contributed by atoms with Gasteiger partial charge in [0, 0.05) is 74.1 Å². The minimum atomic E-state index is -1.38. The van der Waals surface area contributed by atoms with E-state index < -0.39 is 5.57 Å². The molecule has 1 saturated carbocycles. The number of rotatable bonds is 9. The SMILES string of the molecule is BC(C)(F)Cn1c(C#CCNc2ccc(C(=O)N(C)C)cc2OC)cc2c1=CCCC=2NC1CCC(N2CC3CC(C2)O3)CC1. The highest BCUT2D eigenvalue weighted by Gasteiger charge is 2.41. The molecular weight excluding hydrogens is 568 g/mol. The van der Waals surface area contributed by atoms with Crippen LogP contribution in [0.15, 0.2) is 24.3 Å². The predicted octanol–water partition coefficient (Wildman–Crippen LogP) is 2.04. The average Bonchev–Trinajstić information content (AvgIpc) is 3.35. The molecule has 2 bridgehead atoms. The van der Waals surface area contributed by atoms with Crippen molar-refractivity contribution in [1.29, 1.82) is 0 Å². The van der Waals surface area contributed by atoms with Crippen LogP contribution in [0.4, 0.5) is 10.1 Å². The van der Waals surface area contributed by atoms with Gasteiger partial charge in [-0.3, -0.25) is 14.1 Å². The van der Waals surface area contributed by atoms with Crippen molar-refractivity contribution in [3.63, 3.8) is 0 Å². The fourth-order valence-corrected chi connectivity index (χ4v) is 7.33. The van der Waals surface area contributed by atoms with Crippen LogP contribution >= 0.6 is 0 Å². The van der Waals surface area contributed by atoms with Gasteiger partial charge in [0.25, 0.3) is 5.91 Å². The van der Waals surface area contributed by atoms with Crippen LogP contribution in [0.25, 0.3) is 11.8 Å². The summed E-state index contributed by atoms with van der Waals surface area (Å²) in [6, 6.07) is 8.63. The maximum absolute atomic E-state index is 15.1. The number of carbonyl (C=O) groups is 1. The Kier molecular flexibility index (Phi) is 9.21. The molecule has 240 valence electrons. The Labute approximate surface area is 267 Å². The molecule has 4 fully saturated rings. The van der Waals surface area contributed by atoms with Crippen LogP contribution in [0.3, 0.4) is 0 Å². The Morgan fingerprint density at radius 1 is 1.20 bits per heavy atom. The van der Waals surface area contributed by atoms with E-state index in [0.29, 0.717) is 42.1 Å². The van der Waals surface area contributed by atoms with Gasteiger partial charge in [0.1, 0.15) is 5.75 Å². The second-order valence-electron chi connectivity index (χ2n) is 13.8. The number of ether oxygens (including phenoxy) is 2. The Balaban J connectivity index is 1.17. The topological polar surface area (TPSA) is 71.0 Å². The van der Waals surface area contributed by atoms with Crippen LogP contribution in [-0.4, -0.2) is 98.8 Å². The number of nitrogens with zero attached hydrogens (tertiary/aromatic N) is 3. The van der Waals surface area contributed by atoms with E-state index in [1.165, 1.54) is 42.7 Å². The van der Waals surface area contributed by atoms with Crippen molar-refractivity contribution in [2.45, 2.75) is 88.3 Å². The number of hydrogen-bond acceptors (Lipinski definition) is 6. The second kappa shape index (κ2) is 13.1. The van der Waals surface area contributed by atoms with Crippen LogP contribution in [0.1, 0.15) is 67.9 Å². The lowest BCUT2D eigenvalue weighted by Gasteiger charge is -2.50. The number of morpholine rings is 1. The molecule has 3 atom stereocenters. The van der Waals surface area contributed by atoms with Gasteiger partial charge in [0.15, 0.2) is 7.85 Å². The normalized spacial score (nSPS) is 25.4. The van der Waals surface area contributed by atoms with E-state index in [-0.39, 0.29) is 12.5 Å². The lowest BCUT2D eigenvalue weighted by molar-refractivity contribution is -0.189. The molecule has 0 radical (unpaired) electrons. The zero-order chi connectivity index (χ0) is 31.7. The first kappa shape index (κ1) is 31.6. The molecule has 1 aromatic heterocycles. The number of piperidine rings is 1. The number of aromatic nitrogens is 1. The summed E-state index contributed by atoms with van der Waals surface area (Å²) in [5.74, 6) is 7.06. The molecule has 3 aliphatic heterocycles. The highest BCUT2D eigenvalue weighted by molar-refractivity contribution is 6.14. The summed E-state index contributed by atoms with van der Waals surface area (Å²) in [5, 5.41) is 9.45. The highest BCUT2D eigenvalue weighted by Crippen LogP contribution is 2.33. The monoisotopic (exact) mass is 615 g/mol. The maximum atomic E-state index is 15.1. The molecule has 3 unspecified atom stereocenters. The van der Waals surface area contributed by atoms with Crippen LogP contribution in [0.2, 0.25) is 0 Å². The van der Waals surface area contributed by atoms with Crippen LogP contribution in [0.5, 0.6) is 5.75 Å². The van der Waals surface area contributed by atoms with Crippen LogP contribution in [0, 0.1) is 11.8 Å². The molecule has 3 saturated heterocycles. The molecule has 5 aliphatic rings. The third-order valence-electron chi connectivity index (χ3n) is 9.55. The summed E-state index contributed by atoms with van der Waals surface area (Å²) in [6.45, 7) is 4.44. The van der Waals surface area contributed by atoms with Gasteiger partial charge in [-0.2, -0.15) is 0 Å². The number of hydrogen-bond donors (Lipinski definition) is 2. The summed E-state index contributed by atoms with van der Waals surface area (Å²) < 4.78 is 28.5. The van der Waals surface area contributed by atoms with Crippen molar-refractivity contribution in [2.75, 3.05) is 46.2 Å². The highest BCUT2D eigenvalue weighted by atomic mass is 19.1. The minimum absolute atomic E-state index is 0.0838. The zero-order valence-corrected chi connectivity index (χ0v) is 27.4. The number of halogens is 1. The lowest BCUT2D eigenvalue weighted by atomic mass is 9.85. The van der Waals surface area contributed by atoms with E-state index in [0.717, 1.165) is 47.9 Å².